The summed E-state index contributed by atoms with van der Waals surface area (Å²) in [4.78, 5) is -0.0338. The molecule has 136 valence electrons. The maximum Gasteiger partial charge on any atom is 0.243 e. The molecule has 0 aliphatic carbocycles. The van der Waals surface area contributed by atoms with Crippen molar-refractivity contribution in [3.8, 4) is 5.75 Å². The van der Waals surface area contributed by atoms with E-state index < -0.39 is 15.8 Å². The number of rotatable bonds is 5. The first-order valence-electron chi connectivity index (χ1n) is 7.78. The fourth-order valence-corrected chi connectivity index (χ4v) is 4.17. The van der Waals surface area contributed by atoms with Gasteiger partial charge in [-0.1, -0.05) is 0 Å². The summed E-state index contributed by atoms with van der Waals surface area (Å²) in [5.74, 6) is -0.310. The van der Waals surface area contributed by atoms with Crippen LogP contribution in [-0.4, -0.2) is 58.7 Å². The molecular formula is C15H22ClFN2O4S. The van der Waals surface area contributed by atoms with Gasteiger partial charge in [-0.2, -0.15) is 4.31 Å². The van der Waals surface area contributed by atoms with Crippen LogP contribution in [0.15, 0.2) is 23.1 Å². The highest BCUT2D eigenvalue weighted by molar-refractivity contribution is 7.89. The van der Waals surface area contributed by atoms with Gasteiger partial charge in [-0.15, -0.1) is 12.4 Å². The molecule has 1 unspecified atom stereocenters. The van der Waals surface area contributed by atoms with Crippen LogP contribution < -0.4 is 10.1 Å². The summed E-state index contributed by atoms with van der Waals surface area (Å²) in [7, 11) is -3.65. The summed E-state index contributed by atoms with van der Waals surface area (Å²) in [6, 6.07) is 3.83. The average Bonchev–Trinajstić information content (AvgIpc) is 3.08. The van der Waals surface area contributed by atoms with E-state index in [1.165, 1.54) is 16.4 Å². The van der Waals surface area contributed by atoms with E-state index in [2.05, 4.69) is 5.32 Å². The molecule has 0 saturated carbocycles. The van der Waals surface area contributed by atoms with E-state index in [0.29, 0.717) is 46.0 Å². The highest BCUT2D eigenvalue weighted by atomic mass is 35.5. The lowest BCUT2D eigenvalue weighted by molar-refractivity contribution is 0.165. The largest absolute Gasteiger partial charge is 0.490 e. The van der Waals surface area contributed by atoms with Crippen LogP contribution in [0.3, 0.4) is 0 Å². The second-order valence-corrected chi connectivity index (χ2v) is 7.72. The predicted molar refractivity (Wildman–Crippen MR) is 89.7 cm³/mol. The SMILES string of the molecule is Cl.O=S(=O)(c1ccc(OCC2CCOC2)c(F)c1)N1CCNCC1. The molecule has 2 aliphatic rings. The Labute approximate surface area is 147 Å². The lowest BCUT2D eigenvalue weighted by Gasteiger charge is -2.26. The standard InChI is InChI=1S/C15H21FN2O4S.ClH/c16-14-9-13(23(19,20)18-6-4-17-5-7-18)1-2-15(14)22-11-12-3-8-21-10-12;/h1-2,9,12,17H,3-8,10-11H2;1H. The van der Waals surface area contributed by atoms with Gasteiger partial charge in [0.15, 0.2) is 11.6 Å². The van der Waals surface area contributed by atoms with Gasteiger partial charge in [-0.05, 0) is 24.6 Å². The molecule has 2 aliphatic heterocycles. The van der Waals surface area contributed by atoms with E-state index in [4.69, 9.17) is 9.47 Å². The molecule has 0 amide bonds. The minimum atomic E-state index is -3.65. The monoisotopic (exact) mass is 380 g/mol. The van der Waals surface area contributed by atoms with E-state index in [-0.39, 0.29) is 29.0 Å². The molecule has 1 aromatic rings. The van der Waals surface area contributed by atoms with Crippen LogP contribution in [-0.2, 0) is 14.8 Å². The van der Waals surface area contributed by atoms with Crippen LogP contribution >= 0.6 is 12.4 Å². The highest BCUT2D eigenvalue weighted by Gasteiger charge is 2.27. The number of nitrogens with zero attached hydrogens (tertiary/aromatic N) is 1. The summed E-state index contributed by atoms with van der Waals surface area (Å²) in [5, 5.41) is 3.09. The Hall–Kier alpha value is -0.930. The quantitative estimate of drug-likeness (QED) is 0.832. The van der Waals surface area contributed by atoms with E-state index in [1.54, 1.807) is 0 Å². The zero-order valence-corrected chi connectivity index (χ0v) is 14.9. The van der Waals surface area contributed by atoms with Crippen LogP contribution in [0.4, 0.5) is 4.39 Å². The van der Waals surface area contributed by atoms with Gasteiger partial charge in [0.05, 0.1) is 18.1 Å². The molecule has 2 fully saturated rings. The molecule has 1 atom stereocenters. The minimum absolute atomic E-state index is 0. The van der Waals surface area contributed by atoms with Crippen molar-refractivity contribution in [2.75, 3.05) is 46.0 Å². The van der Waals surface area contributed by atoms with Crippen molar-refractivity contribution in [3.63, 3.8) is 0 Å². The molecule has 0 spiro atoms. The molecule has 1 aromatic carbocycles. The number of piperazine rings is 1. The lowest BCUT2D eigenvalue weighted by Crippen LogP contribution is -2.46. The van der Waals surface area contributed by atoms with Gasteiger partial charge in [0.2, 0.25) is 10.0 Å². The molecule has 2 saturated heterocycles. The van der Waals surface area contributed by atoms with E-state index in [9.17, 15) is 12.8 Å². The Morgan fingerprint density at radius 3 is 2.71 bits per heavy atom. The number of sulfonamides is 1. The molecule has 6 nitrogen and oxygen atoms in total. The van der Waals surface area contributed by atoms with E-state index in [0.717, 1.165) is 12.5 Å². The van der Waals surface area contributed by atoms with E-state index >= 15 is 0 Å². The summed E-state index contributed by atoms with van der Waals surface area (Å²) in [6.07, 6.45) is 0.900. The van der Waals surface area contributed by atoms with Crippen molar-refractivity contribution >= 4 is 22.4 Å². The molecule has 0 radical (unpaired) electrons. The van der Waals surface area contributed by atoms with Crippen LogP contribution in [0.25, 0.3) is 0 Å². The summed E-state index contributed by atoms with van der Waals surface area (Å²) >= 11 is 0. The van der Waals surface area contributed by atoms with E-state index in [1.807, 2.05) is 0 Å². The first-order valence-corrected chi connectivity index (χ1v) is 9.22. The highest BCUT2D eigenvalue weighted by Crippen LogP contribution is 2.25. The van der Waals surface area contributed by atoms with Crippen LogP contribution in [0.5, 0.6) is 5.75 Å². The second kappa shape index (κ2) is 8.44. The summed E-state index contributed by atoms with van der Waals surface area (Å²) in [6.45, 7) is 3.70. The summed E-state index contributed by atoms with van der Waals surface area (Å²) in [5.41, 5.74) is 0. The zero-order chi connectivity index (χ0) is 16.3. The second-order valence-electron chi connectivity index (χ2n) is 5.79. The van der Waals surface area contributed by atoms with Gasteiger partial charge in [0.1, 0.15) is 0 Å². The van der Waals surface area contributed by atoms with Crippen molar-refractivity contribution in [1.82, 2.24) is 9.62 Å². The van der Waals surface area contributed by atoms with Gasteiger partial charge in [0, 0.05) is 38.7 Å². The van der Waals surface area contributed by atoms with Gasteiger partial charge >= 0.3 is 0 Å². The van der Waals surface area contributed by atoms with Gasteiger partial charge in [0.25, 0.3) is 0 Å². The third kappa shape index (κ3) is 4.37. The molecule has 24 heavy (non-hydrogen) atoms. The van der Waals surface area contributed by atoms with Crippen molar-refractivity contribution in [2.45, 2.75) is 11.3 Å². The first-order chi connectivity index (χ1) is 11.1. The first kappa shape index (κ1) is 19.4. The molecule has 1 N–H and O–H groups in total. The van der Waals surface area contributed by atoms with Crippen LogP contribution in [0, 0.1) is 11.7 Å². The smallest absolute Gasteiger partial charge is 0.243 e. The normalized spacial score (nSPS) is 22.1. The minimum Gasteiger partial charge on any atom is -0.490 e. The molecule has 2 heterocycles. The zero-order valence-electron chi connectivity index (χ0n) is 13.2. The fraction of sp³-hybridized carbons (Fsp3) is 0.600. The van der Waals surface area contributed by atoms with Crippen LogP contribution in [0.1, 0.15) is 6.42 Å². The maximum absolute atomic E-state index is 14.2. The molecule has 0 bridgehead atoms. The van der Waals surface area contributed by atoms with Gasteiger partial charge in [-0.3, -0.25) is 0 Å². The van der Waals surface area contributed by atoms with Crippen molar-refractivity contribution in [1.29, 1.82) is 0 Å². The lowest BCUT2D eigenvalue weighted by atomic mass is 10.1. The molecular weight excluding hydrogens is 359 g/mol. The molecule has 0 aromatic heterocycles. The number of hydrogen-bond donors (Lipinski definition) is 1. The van der Waals surface area contributed by atoms with Crippen molar-refractivity contribution in [3.05, 3.63) is 24.0 Å². The number of nitrogens with one attached hydrogen (secondary N) is 1. The van der Waals surface area contributed by atoms with Gasteiger partial charge < -0.3 is 14.8 Å². The van der Waals surface area contributed by atoms with Crippen molar-refractivity contribution in [2.24, 2.45) is 5.92 Å². The molecule has 9 heteroatoms. The summed E-state index contributed by atoms with van der Waals surface area (Å²) < 4.78 is 51.2. The Balaban J connectivity index is 0.00000208. The fourth-order valence-electron chi connectivity index (χ4n) is 2.72. The Morgan fingerprint density at radius 1 is 1.33 bits per heavy atom. The number of halogens is 2. The number of hydrogen-bond acceptors (Lipinski definition) is 5. The molecule has 3 rings (SSSR count). The predicted octanol–water partition coefficient (Wildman–Crippen LogP) is 1.26. The maximum atomic E-state index is 14.2. The Bertz CT molecular complexity index is 647. The van der Waals surface area contributed by atoms with Crippen LogP contribution in [0.2, 0.25) is 0 Å². The number of benzene rings is 1. The third-order valence-corrected chi connectivity index (χ3v) is 6.01. The third-order valence-electron chi connectivity index (χ3n) is 4.12. The Kier molecular flexibility index (Phi) is 6.82. The average molecular weight is 381 g/mol. The topological polar surface area (TPSA) is 67.9 Å². The number of ether oxygens (including phenoxy) is 2. The van der Waals surface area contributed by atoms with Crippen molar-refractivity contribution < 1.29 is 22.3 Å². The Morgan fingerprint density at radius 2 is 2.08 bits per heavy atom. The van der Waals surface area contributed by atoms with Gasteiger partial charge in [-0.25, -0.2) is 12.8 Å².